The molecule has 1 aromatic heterocycles. The van der Waals surface area contributed by atoms with Crippen LogP contribution >= 0.6 is 0 Å². The van der Waals surface area contributed by atoms with Crippen LogP contribution in [0.1, 0.15) is 24.4 Å². The Morgan fingerprint density at radius 1 is 1.44 bits per heavy atom. The number of imidazole rings is 1. The molecule has 5 heteroatoms. The second-order valence-electron chi connectivity index (χ2n) is 4.11. The lowest BCUT2D eigenvalue weighted by atomic mass is 10.1. The smallest absolute Gasteiger partial charge is 0.224 e. The largest absolute Gasteiger partial charge is 0.508 e. The van der Waals surface area contributed by atoms with Crippen molar-refractivity contribution in [3.8, 4) is 5.75 Å². The summed E-state index contributed by atoms with van der Waals surface area (Å²) in [7, 11) is 0. The second-order valence-corrected chi connectivity index (χ2v) is 4.11. The molecule has 2 rings (SSSR count). The molecule has 0 aliphatic rings. The number of nitrogens with one attached hydrogen (secondary N) is 2. The molecule has 0 bridgehead atoms. The van der Waals surface area contributed by atoms with Crippen LogP contribution in [0.4, 0.5) is 0 Å². The van der Waals surface area contributed by atoms with Gasteiger partial charge in [0.05, 0.1) is 12.5 Å². The highest BCUT2D eigenvalue weighted by Crippen LogP contribution is 2.11. The number of carbonyl (C=O) groups is 1. The van der Waals surface area contributed by atoms with E-state index in [1.165, 1.54) is 0 Å². The number of rotatable bonds is 4. The van der Waals surface area contributed by atoms with Gasteiger partial charge in [0.25, 0.3) is 0 Å². The van der Waals surface area contributed by atoms with Crippen LogP contribution in [0, 0.1) is 0 Å². The van der Waals surface area contributed by atoms with Crippen molar-refractivity contribution in [2.24, 2.45) is 0 Å². The minimum absolute atomic E-state index is 0.0791. The monoisotopic (exact) mass is 245 g/mol. The van der Waals surface area contributed by atoms with E-state index in [2.05, 4.69) is 15.3 Å². The van der Waals surface area contributed by atoms with Gasteiger partial charge in [0, 0.05) is 12.4 Å². The zero-order valence-corrected chi connectivity index (χ0v) is 10.1. The molecular formula is C13H15N3O2. The summed E-state index contributed by atoms with van der Waals surface area (Å²) in [6.45, 7) is 1.87. The van der Waals surface area contributed by atoms with Crippen molar-refractivity contribution >= 4 is 5.91 Å². The van der Waals surface area contributed by atoms with Crippen molar-refractivity contribution in [1.82, 2.24) is 15.3 Å². The van der Waals surface area contributed by atoms with Gasteiger partial charge in [-0.05, 0) is 24.6 Å². The van der Waals surface area contributed by atoms with E-state index in [9.17, 15) is 4.79 Å². The fraction of sp³-hybridized carbons (Fsp3) is 0.231. The summed E-state index contributed by atoms with van der Waals surface area (Å²) in [5.74, 6) is 0.849. The zero-order valence-electron chi connectivity index (χ0n) is 10.1. The van der Waals surface area contributed by atoms with Gasteiger partial charge in [0.15, 0.2) is 0 Å². The zero-order chi connectivity index (χ0) is 13.0. The van der Waals surface area contributed by atoms with Crippen LogP contribution in [0.2, 0.25) is 0 Å². The number of amides is 1. The van der Waals surface area contributed by atoms with Gasteiger partial charge >= 0.3 is 0 Å². The van der Waals surface area contributed by atoms with E-state index in [1.54, 1.807) is 36.7 Å². The molecule has 0 saturated heterocycles. The summed E-state index contributed by atoms with van der Waals surface area (Å²) in [5, 5.41) is 12.0. The molecule has 0 radical (unpaired) electrons. The van der Waals surface area contributed by atoms with E-state index in [-0.39, 0.29) is 24.1 Å². The highest BCUT2D eigenvalue weighted by atomic mass is 16.3. The summed E-state index contributed by atoms with van der Waals surface area (Å²) < 4.78 is 0. The van der Waals surface area contributed by atoms with Crippen molar-refractivity contribution in [3.63, 3.8) is 0 Å². The van der Waals surface area contributed by atoms with Gasteiger partial charge in [-0.2, -0.15) is 0 Å². The standard InChI is InChI=1S/C13H15N3O2/c1-9(13-14-6-7-15-13)16-12(18)8-10-2-4-11(17)5-3-10/h2-7,9,17H,8H2,1H3,(H,14,15)(H,16,18). The fourth-order valence-electron chi connectivity index (χ4n) is 1.67. The molecule has 1 atom stereocenters. The number of phenolic OH excluding ortho intramolecular Hbond substituents is 1. The number of hydrogen-bond acceptors (Lipinski definition) is 3. The Kier molecular flexibility index (Phi) is 3.62. The summed E-state index contributed by atoms with van der Waals surface area (Å²) in [6.07, 6.45) is 3.65. The van der Waals surface area contributed by atoms with Crippen LogP contribution in [-0.2, 0) is 11.2 Å². The molecule has 0 saturated carbocycles. The minimum atomic E-state index is -0.149. The quantitative estimate of drug-likeness (QED) is 0.764. The predicted molar refractivity (Wildman–Crippen MR) is 67.0 cm³/mol. The Morgan fingerprint density at radius 2 is 2.17 bits per heavy atom. The van der Waals surface area contributed by atoms with Crippen LogP contribution in [0.25, 0.3) is 0 Å². The molecule has 5 nitrogen and oxygen atoms in total. The lowest BCUT2D eigenvalue weighted by molar-refractivity contribution is -0.121. The van der Waals surface area contributed by atoms with Gasteiger partial charge in [-0.1, -0.05) is 12.1 Å². The molecule has 1 amide bonds. The summed E-state index contributed by atoms with van der Waals surface area (Å²) >= 11 is 0. The molecule has 0 aliphatic heterocycles. The van der Waals surface area contributed by atoms with Crippen LogP contribution in [0.5, 0.6) is 5.75 Å². The molecule has 1 unspecified atom stereocenters. The molecule has 3 N–H and O–H groups in total. The van der Waals surface area contributed by atoms with Crippen molar-refractivity contribution in [2.75, 3.05) is 0 Å². The highest BCUT2D eigenvalue weighted by molar-refractivity contribution is 5.78. The normalized spacial score (nSPS) is 12.1. The summed E-state index contributed by atoms with van der Waals surface area (Å²) in [4.78, 5) is 18.8. The molecule has 0 fully saturated rings. The first-order valence-corrected chi connectivity index (χ1v) is 5.71. The Morgan fingerprint density at radius 3 is 2.78 bits per heavy atom. The van der Waals surface area contributed by atoms with Crippen LogP contribution in [-0.4, -0.2) is 21.0 Å². The molecule has 1 heterocycles. The first-order chi connectivity index (χ1) is 8.65. The van der Waals surface area contributed by atoms with Gasteiger partial charge in [-0.25, -0.2) is 4.98 Å². The maximum atomic E-state index is 11.8. The number of aromatic nitrogens is 2. The molecule has 94 valence electrons. The number of aromatic hydroxyl groups is 1. The van der Waals surface area contributed by atoms with Gasteiger partial charge in [0.2, 0.25) is 5.91 Å². The molecule has 18 heavy (non-hydrogen) atoms. The number of hydrogen-bond donors (Lipinski definition) is 3. The van der Waals surface area contributed by atoms with E-state index in [0.717, 1.165) is 11.4 Å². The Bertz CT molecular complexity index is 506. The Hall–Kier alpha value is -2.30. The third kappa shape index (κ3) is 3.10. The lowest BCUT2D eigenvalue weighted by Crippen LogP contribution is -2.28. The molecule has 2 aromatic rings. The number of carbonyl (C=O) groups excluding carboxylic acids is 1. The van der Waals surface area contributed by atoms with Crippen molar-refractivity contribution in [2.45, 2.75) is 19.4 Å². The molecule has 1 aromatic carbocycles. The van der Waals surface area contributed by atoms with Crippen molar-refractivity contribution in [3.05, 3.63) is 48.0 Å². The number of benzene rings is 1. The average molecular weight is 245 g/mol. The summed E-state index contributed by atoms with van der Waals surface area (Å²) in [6, 6.07) is 6.44. The SMILES string of the molecule is CC(NC(=O)Cc1ccc(O)cc1)c1ncc[nH]1. The van der Waals surface area contributed by atoms with E-state index in [0.29, 0.717) is 0 Å². The fourth-order valence-corrected chi connectivity index (χ4v) is 1.67. The Labute approximate surface area is 105 Å². The van der Waals surface area contributed by atoms with E-state index < -0.39 is 0 Å². The highest BCUT2D eigenvalue weighted by Gasteiger charge is 2.11. The number of aromatic amines is 1. The third-order valence-corrected chi connectivity index (χ3v) is 2.61. The second kappa shape index (κ2) is 5.35. The van der Waals surface area contributed by atoms with E-state index in [4.69, 9.17) is 5.11 Å². The third-order valence-electron chi connectivity index (χ3n) is 2.61. The van der Waals surface area contributed by atoms with Gasteiger partial charge in [-0.15, -0.1) is 0 Å². The topological polar surface area (TPSA) is 78.0 Å². The number of phenols is 1. The number of nitrogens with zero attached hydrogens (tertiary/aromatic N) is 1. The summed E-state index contributed by atoms with van der Waals surface area (Å²) in [5.41, 5.74) is 0.858. The maximum absolute atomic E-state index is 11.8. The molecular weight excluding hydrogens is 230 g/mol. The lowest BCUT2D eigenvalue weighted by Gasteiger charge is -2.11. The van der Waals surface area contributed by atoms with Crippen molar-refractivity contribution < 1.29 is 9.90 Å². The predicted octanol–water partition coefficient (Wildman–Crippen LogP) is 1.54. The van der Waals surface area contributed by atoms with Crippen LogP contribution in [0.15, 0.2) is 36.7 Å². The van der Waals surface area contributed by atoms with Crippen molar-refractivity contribution in [1.29, 1.82) is 0 Å². The maximum Gasteiger partial charge on any atom is 0.224 e. The molecule has 0 spiro atoms. The minimum Gasteiger partial charge on any atom is -0.508 e. The average Bonchev–Trinajstić information content (AvgIpc) is 2.85. The van der Waals surface area contributed by atoms with Gasteiger partial charge < -0.3 is 15.4 Å². The van der Waals surface area contributed by atoms with E-state index in [1.807, 2.05) is 6.92 Å². The first-order valence-electron chi connectivity index (χ1n) is 5.71. The number of H-pyrrole nitrogens is 1. The van der Waals surface area contributed by atoms with Gasteiger partial charge in [-0.3, -0.25) is 4.79 Å². The van der Waals surface area contributed by atoms with E-state index >= 15 is 0 Å². The van der Waals surface area contributed by atoms with Crippen LogP contribution in [0.3, 0.4) is 0 Å². The molecule has 0 aliphatic carbocycles. The Balaban J connectivity index is 1.91. The van der Waals surface area contributed by atoms with Crippen LogP contribution < -0.4 is 5.32 Å². The first kappa shape index (κ1) is 12.2. The van der Waals surface area contributed by atoms with Gasteiger partial charge in [0.1, 0.15) is 11.6 Å².